The monoisotopic (exact) mass is 271 g/mol. The minimum absolute atomic E-state index is 0.0321. The first kappa shape index (κ1) is 11.9. The summed E-state index contributed by atoms with van der Waals surface area (Å²) < 4.78 is 0. The van der Waals surface area contributed by atoms with E-state index >= 15 is 0 Å². The number of amides is 1. The number of carbonyl (C=O) groups excluding carboxylic acids is 1. The zero-order chi connectivity index (χ0) is 13.2. The molecule has 96 valence electrons. The van der Waals surface area contributed by atoms with Gasteiger partial charge < -0.3 is 5.32 Å². The second kappa shape index (κ2) is 4.85. The van der Waals surface area contributed by atoms with Crippen LogP contribution < -0.4 is 5.32 Å². The highest BCUT2D eigenvalue weighted by atomic mass is 32.1. The number of carbonyl (C=O) groups is 1. The van der Waals surface area contributed by atoms with E-state index in [0.717, 1.165) is 16.5 Å². The highest BCUT2D eigenvalue weighted by molar-refractivity contribution is 7.08. The Kier molecular flexibility index (Phi) is 3.05. The number of aromatic nitrogens is 2. The van der Waals surface area contributed by atoms with Gasteiger partial charge in [0.05, 0.1) is 5.52 Å². The highest BCUT2D eigenvalue weighted by Crippen LogP contribution is 2.28. The van der Waals surface area contributed by atoms with Crippen molar-refractivity contribution in [1.29, 1.82) is 0 Å². The van der Waals surface area contributed by atoms with Gasteiger partial charge >= 0.3 is 0 Å². The molecule has 0 fully saturated rings. The third-order valence-electron chi connectivity index (χ3n) is 3.00. The van der Waals surface area contributed by atoms with Crippen LogP contribution in [-0.4, -0.2) is 16.1 Å². The Balaban J connectivity index is 2.00. The molecule has 0 saturated heterocycles. The number of hydrogen-bond acceptors (Lipinski definition) is 3. The molecule has 2 heterocycles. The fourth-order valence-corrected chi connectivity index (χ4v) is 2.61. The standard InChI is InChI=1S/C14H13N3OS/c1-2-13(18)15-14-11-4-3-9(7-12(11)16-17-14)10-5-6-19-8-10/h3-8H,2H2,1H3,(H2,15,16,17,18). The Morgan fingerprint density at radius 2 is 2.26 bits per heavy atom. The summed E-state index contributed by atoms with van der Waals surface area (Å²) in [6.07, 6.45) is 0.446. The molecule has 2 aromatic heterocycles. The molecule has 3 aromatic rings. The van der Waals surface area contributed by atoms with Gasteiger partial charge in [0, 0.05) is 11.8 Å². The van der Waals surface area contributed by atoms with Crippen LogP contribution in [0.4, 0.5) is 5.82 Å². The van der Waals surface area contributed by atoms with Crippen LogP contribution >= 0.6 is 11.3 Å². The lowest BCUT2D eigenvalue weighted by atomic mass is 10.1. The molecule has 0 radical (unpaired) electrons. The summed E-state index contributed by atoms with van der Waals surface area (Å²) in [4.78, 5) is 11.4. The van der Waals surface area contributed by atoms with Crippen molar-refractivity contribution in [3.63, 3.8) is 0 Å². The summed E-state index contributed by atoms with van der Waals surface area (Å²) in [5.74, 6) is 0.564. The summed E-state index contributed by atoms with van der Waals surface area (Å²) in [5, 5.41) is 15.0. The van der Waals surface area contributed by atoms with Gasteiger partial charge in [-0.1, -0.05) is 13.0 Å². The molecular weight excluding hydrogens is 258 g/mol. The van der Waals surface area contributed by atoms with Crippen LogP contribution in [-0.2, 0) is 4.79 Å². The summed E-state index contributed by atoms with van der Waals surface area (Å²) >= 11 is 1.67. The van der Waals surface area contributed by atoms with Crippen molar-refractivity contribution in [2.75, 3.05) is 5.32 Å². The fraction of sp³-hybridized carbons (Fsp3) is 0.143. The molecule has 0 atom stereocenters. The molecule has 0 spiro atoms. The van der Waals surface area contributed by atoms with Crippen LogP contribution in [0.15, 0.2) is 35.0 Å². The van der Waals surface area contributed by atoms with E-state index in [0.29, 0.717) is 12.2 Å². The minimum atomic E-state index is -0.0321. The van der Waals surface area contributed by atoms with Crippen LogP contribution in [0.25, 0.3) is 22.0 Å². The van der Waals surface area contributed by atoms with Crippen molar-refractivity contribution >= 4 is 34.0 Å². The van der Waals surface area contributed by atoms with Gasteiger partial charge in [-0.05, 0) is 40.1 Å². The number of nitrogens with one attached hydrogen (secondary N) is 2. The van der Waals surface area contributed by atoms with Crippen molar-refractivity contribution in [3.05, 3.63) is 35.0 Å². The molecule has 0 unspecified atom stereocenters. The second-order valence-corrected chi connectivity index (χ2v) is 5.03. The van der Waals surface area contributed by atoms with Crippen LogP contribution in [0.3, 0.4) is 0 Å². The highest BCUT2D eigenvalue weighted by Gasteiger charge is 2.09. The molecule has 19 heavy (non-hydrogen) atoms. The Hall–Kier alpha value is -2.14. The Morgan fingerprint density at radius 1 is 1.37 bits per heavy atom. The summed E-state index contributed by atoms with van der Waals surface area (Å²) in [6, 6.07) is 8.16. The number of fused-ring (bicyclic) bond motifs is 1. The second-order valence-electron chi connectivity index (χ2n) is 4.25. The van der Waals surface area contributed by atoms with E-state index in [4.69, 9.17) is 0 Å². The average molecular weight is 271 g/mol. The number of benzene rings is 1. The van der Waals surface area contributed by atoms with Gasteiger partial charge in [0.2, 0.25) is 5.91 Å². The van der Waals surface area contributed by atoms with Crippen molar-refractivity contribution in [2.24, 2.45) is 0 Å². The summed E-state index contributed by atoms with van der Waals surface area (Å²) in [6.45, 7) is 1.82. The number of rotatable bonds is 3. The maximum Gasteiger partial charge on any atom is 0.225 e. The Bertz CT molecular complexity index is 715. The van der Waals surface area contributed by atoms with E-state index in [1.54, 1.807) is 11.3 Å². The predicted molar refractivity (Wildman–Crippen MR) is 78.3 cm³/mol. The first-order valence-corrected chi connectivity index (χ1v) is 7.02. The lowest BCUT2D eigenvalue weighted by Gasteiger charge is -2.00. The maximum absolute atomic E-state index is 11.4. The molecule has 1 aromatic carbocycles. The lowest BCUT2D eigenvalue weighted by molar-refractivity contribution is -0.115. The first-order valence-electron chi connectivity index (χ1n) is 6.08. The number of nitrogens with zero attached hydrogens (tertiary/aromatic N) is 1. The largest absolute Gasteiger partial charge is 0.309 e. The van der Waals surface area contributed by atoms with Gasteiger partial charge in [-0.3, -0.25) is 9.89 Å². The van der Waals surface area contributed by atoms with E-state index in [1.807, 2.05) is 25.1 Å². The summed E-state index contributed by atoms with van der Waals surface area (Å²) in [7, 11) is 0. The van der Waals surface area contributed by atoms with Crippen molar-refractivity contribution in [3.8, 4) is 11.1 Å². The van der Waals surface area contributed by atoms with Crippen LogP contribution in [0.5, 0.6) is 0 Å². The number of H-pyrrole nitrogens is 1. The normalized spacial score (nSPS) is 10.8. The quantitative estimate of drug-likeness (QED) is 0.764. The first-order chi connectivity index (χ1) is 9.28. The van der Waals surface area contributed by atoms with Gasteiger partial charge in [-0.15, -0.1) is 0 Å². The Morgan fingerprint density at radius 3 is 3.00 bits per heavy atom. The van der Waals surface area contributed by atoms with Crippen molar-refractivity contribution < 1.29 is 4.79 Å². The van der Waals surface area contributed by atoms with E-state index in [-0.39, 0.29) is 5.91 Å². The number of aromatic amines is 1. The molecule has 5 heteroatoms. The van der Waals surface area contributed by atoms with E-state index in [1.165, 1.54) is 5.56 Å². The van der Waals surface area contributed by atoms with E-state index in [2.05, 4.69) is 32.3 Å². The third-order valence-corrected chi connectivity index (χ3v) is 3.68. The van der Waals surface area contributed by atoms with Crippen molar-refractivity contribution in [2.45, 2.75) is 13.3 Å². The zero-order valence-electron chi connectivity index (χ0n) is 10.4. The van der Waals surface area contributed by atoms with E-state index < -0.39 is 0 Å². The molecule has 0 aliphatic heterocycles. The SMILES string of the molecule is CCC(=O)Nc1n[nH]c2cc(-c3ccsc3)ccc12. The maximum atomic E-state index is 11.4. The molecule has 0 aliphatic carbocycles. The number of thiophene rings is 1. The number of anilines is 1. The third kappa shape index (κ3) is 2.24. The molecule has 0 saturated carbocycles. The van der Waals surface area contributed by atoms with Gasteiger partial charge in [-0.25, -0.2) is 0 Å². The number of hydrogen-bond donors (Lipinski definition) is 2. The van der Waals surface area contributed by atoms with E-state index in [9.17, 15) is 4.79 Å². The van der Waals surface area contributed by atoms with Gasteiger partial charge in [0.1, 0.15) is 0 Å². The smallest absolute Gasteiger partial charge is 0.225 e. The van der Waals surface area contributed by atoms with Gasteiger partial charge in [0.15, 0.2) is 5.82 Å². The molecule has 2 N–H and O–H groups in total. The molecule has 3 rings (SSSR count). The Labute approximate surface area is 114 Å². The molecule has 0 bridgehead atoms. The molecule has 1 amide bonds. The van der Waals surface area contributed by atoms with Crippen LogP contribution in [0.2, 0.25) is 0 Å². The van der Waals surface area contributed by atoms with Gasteiger partial charge in [-0.2, -0.15) is 16.4 Å². The van der Waals surface area contributed by atoms with Crippen LogP contribution in [0, 0.1) is 0 Å². The average Bonchev–Trinajstić information content (AvgIpc) is 3.08. The lowest BCUT2D eigenvalue weighted by Crippen LogP contribution is -2.09. The van der Waals surface area contributed by atoms with Gasteiger partial charge in [0.25, 0.3) is 0 Å². The molecule has 4 nitrogen and oxygen atoms in total. The van der Waals surface area contributed by atoms with Crippen LogP contribution in [0.1, 0.15) is 13.3 Å². The van der Waals surface area contributed by atoms with Crippen molar-refractivity contribution in [1.82, 2.24) is 10.2 Å². The molecular formula is C14H13N3OS. The molecule has 0 aliphatic rings. The minimum Gasteiger partial charge on any atom is -0.309 e. The zero-order valence-corrected chi connectivity index (χ0v) is 11.3. The summed E-state index contributed by atoms with van der Waals surface area (Å²) in [5.41, 5.74) is 3.27. The fourth-order valence-electron chi connectivity index (χ4n) is 1.94. The predicted octanol–water partition coefficient (Wildman–Crippen LogP) is 3.64. The topological polar surface area (TPSA) is 57.8 Å².